The molecule has 0 saturated carbocycles. The molecule has 1 nitrogen and oxygen atoms in total. The molecule has 0 fully saturated rings. The van der Waals surface area contributed by atoms with Crippen LogP contribution >= 0.6 is 12.2 Å². The van der Waals surface area contributed by atoms with Gasteiger partial charge >= 0.3 is 0 Å². The van der Waals surface area contributed by atoms with Crippen LogP contribution in [0, 0.1) is 11.6 Å². The van der Waals surface area contributed by atoms with Crippen molar-refractivity contribution >= 4 is 23.1 Å². The van der Waals surface area contributed by atoms with E-state index in [4.69, 9.17) is 12.2 Å². The van der Waals surface area contributed by atoms with Crippen LogP contribution < -0.4 is 0 Å². The number of aromatic nitrogens is 1. The third-order valence-electron chi connectivity index (χ3n) is 3.08. The summed E-state index contributed by atoms with van der Waals surface area (Å²) in [5.74, 6) is 0. The molecular formula is C16H13NS. The highest BCUT2D eigenvalue weighted by atomic mass is 32.1. The molecule has 2 heteroatoms. The third-order valence-corrected chi connectivity index (χ3v) is 3.30. The Hall–Kier alpha value is -1.93. The van der Waals surface area contributed by atoms with Crippen LogP contribution in [0.5, 0.6) is 0 Å². The maximum Gasteiger partial charge on any atom is 0.104 e. The summed E-state index contributed by atoms with van der Waals surface area (Å²) in [5.41, 5.74) is 4.72. The standard InChI is InChI=1S/C16H13NS/c1-11-7-8-13-14(12-5-3-2-4-6-12)10-16(18)17-15(13)9-11/h2-10H,1H3,(H,17,18). The third kappa shape index (κ3) is 1.95. The highest BCUT2D eigenvalue weighted by Crippen LogP contribution is 2.28. The molecule has 1 heterocycles. The molecule has 0 aliphatic carbocycles. The van der Waals surface area contributed by atoms with E-state index in [2.05, 4.69) is 54.4 Å². The van der Waals surface area contributed by atoms with Gasteiger partial charge in [-0.3, -0.25) is 0 Å². The molecule has 0 amide bonds. The zero-order valence-electron chi connectivity index (χ0n) is 10.1. The molecule has 1 aromatic heterocycles. The Balaban J connectivity index is 2.39. The molecule has 0 aliphatic heterocycles. The van der Waals surface area contributed by atoms with Gasteiger partial charge in [-0.15, -0.1) is 0 Å². The van der Waals surface area contributed by atoms with E-state index in [0.717, 1.165) is 10.2 Å². The second-order valence-electron chi connectivity index (χ2n) is 4.46. The van der Waals surface area contributed by atoms with E-state index in [9.17, 15) is 0 Å². The number of nitrogens with one attached hydrogen (secondary N) is 1. The zero-order chi connectivity index (χ0) is 12.5. The van der Waals surface area contributed by atoms with Crippen molar-refractivity contribution in [3.63, 3.8) is 0 Å². The fraction of sp³-hybridized carbons (Fsp3) is 0.0625. The number of fused-ring (bicyclic) bond motifs is 1. The van der Waals surface area contributed by atoms with Gasteiger partial charge in [0.15, 0.2) is 0 Å². The molecule has 0 saturated heterocycles. The van der Waals surface area contributed by atoms with Gasteiger partial charge in [0.2, 0.25) is 0 Å². The number of H-pyrrole nitrogens is 1. The van der Waals surface area contributed by atoms with Gasteiger partial charge in [-0.25, -0.2) is 0 Å². The van der Waals surface area contributed by atoms with Gasteiger partial charge in [-0.05, 0) is 35.7 Å². The molecule has 0 unspecified atom stereocenters. The van der Waals surface area contributed by atoms with Gasteiger partial charge in [0.25, 0.3) is 0 Å². The van der Waals surface area contributed by atoms with Gasteiger partial charge in [0.05, 0.1) is 0 Å². The summed E-state index contributed by atoms with van der Waals surface area (Å²) < 4.78 is 0.770. The SMILES string of the molecule is Cc1ccc2c(-c3ccccc3)cc(=S)[nH]c2c1. The predicted molar refractivity (Wildman–Crippen MR) is 79.3 cm³/mol. The largest absolute Gasteiger partial charge is 0.346 e. The van der Waals surface area contributed by atoms with Crippen LogP contribution in [0.4, 0.5) is 0 Å². The minimum absolute atomic E-state index is 0.770. The summed E-state index contributed by atoms with van der Waals surface area (Å²) in [6.45, 7) is 2.09. The molecule has 3 rings (SSSR count). The Morgan fingerprint density at radius 1 is 0.944 bits per heavy atom. The molecule has 0 aliphatic rings. The van der Waals surface area contributed by atoms with Crippen molar-refractivity contribution < 1.29 is 0 Å². The highest BCUT2D eigenvalue weighted by Gasteiger charge is 2.04. The molecule has 1 N–H and O–H groups in total. The summed E-state index contributed by atoms with van der Waals surface area (Å²) in [4.78, 5) is 3.26. The predicted octanol–water partition coefficient (Wildman–Crippen LogP) is 4.87. The monoisotopic (exact) mass is 251 g/mol. The first-order valence-electron chi connectivity index (χ1n) is 5.93. The summed E-state index contributed by atoms with van der Waals surface area (Å²) >= 11 is 5.31. The average molecular weight is 251 g/mol. The van der Waals surface area contributed by atoms with Crippen molar-refractivity contribution in [2.45, 2.75) is 6.92 Å². The summed E-state index contributed by atoms with van der Waals surface area (Å²) in [6.07, 6.45) is 0. The first-order chi connectivity index (χ1) is 8.74. The summed E-state index contributed by atoms with van der Waals surface area (Å²) in [6, 6.07) is 18.8. The maximum absolute atomic E-state index is 5.31. The fourth-order valence-corrected chi connectivity index (χ4v) is 2.46. The maximum atomic E-state index is 5.31. The molecule has 88 valence electrons. The molecule has 0 spiro atoms. The summed E-state index contributed by atoms with van der Waals surface area (Å²) in [7, 11) is 0. The topological polar surface area (TPSA) is 15.8 Å². The van der Waals surface area contributed by atoms with Crippen LogP contribution in [0.1, 0.15) is 5.56 Å². The van der Waals surface area contributed by atoms with Crippen molar-refractivity contribution in [2.24, 2.45) is 0 Å². The summed E-state index contributed by atoms with van der Waals surface area (Å²) in [5, 5.41) is 1.21. The number of hydrogen-bond acceptors (Lipinski definition) is 1. The van der Waals surface area contributed by atoms with Crippen LogP contribution in [-0.2, 0) is 0 Å². The molecule has 3 aromatic rings. The quantitative estimate of drug-likeness (QED) is 0.610. The lowest BCUT2D eigenvalue weighted by Crippen LogP contribution is -1.86. The average Bonchev–Trinajstić information content (AvgIpc) is 2.38. The van der Waals surface area contributed by atoms with Gasteiger partial charge < -0.3 is 4.98 Å². The molecule has 0 radical (unpaired) electrons. The Morgan fingerprint density at radius 3 is 2.50 bits per heavy atom. The van der Waals surface area contributed by atoms with Gasteiger partial charge in [0.1, 0.15) is 4.64 Å². The van der Waals surface area contributed by atoms with E-state index >= 15 is 0 Å². The second kappa shape index (κ2) is 4.39. The Kier molecular flexibility index (Phi) is 2.73. The Morgan fingerprint density at radius 2 is 1.72 bits per heavy atom. The van der Waals surface area contributed by atoms with Crippen molar-refractivity contribution in [1.29, 1.82) is 0 Å². The normalized spacial score (nSPS) is 10.7. The molecule has 2 aromatic carbocycles. The van der Waals surface area contributed by atoms with Crippen molar-refractivity contribution in [3.8, 4) is 11.1 Å². The Bertz CT molecular complexity index is 757. The van der Waals surface area contributed by atoms with Crippen LogP contribution in [0.3, 0.4) is 0 Å². The fourth-order valence-electron chi connectivity index (χ4n) is 2.23. The molecule has 18 heavy (non-hydrogen) atoms. The van der Waals surface area contributed by atoms with Crippen molar-refractivity contribution in [2.75, 3.05) is 0 Å². The van der Waals surface area contributed by atoms with E-state index in [0.29, 0.717) is 0 Å². The first-order valence-corrected chi connectivity index (χ1v) is 6.34. The lowest BCUT2D eigenvalue weighted by Gasteiger charge is -2.07. The first kappa shape index (κ1) is 11.2. The van der Waals surface area contributed by atoms with E-state index in [1.54, 1.807) is 0 Å². The van der Waals surface area contributed by atoms with Gasteiger partial charge in [-0.1, -0.05) is 54.7 Å². The second-order valence-corrected chi connectivity index (χ2v) is 4.90. The number of aryl methyl sites for hydroxylation is 1. The number of pyridine rings is 1. The van der Waals surface area contributed by atoms with E-state index in [1.807, 2.05) is 12.1 Å². The number of aromatic amines is 1. The van der Waals surface area contributed by atoms with Crippen molar-refractivity contribution in [1.82, 2.24) is 4.98 Å². The zero-order valence-corrected chi connectivity index (χ0v) is 10.9. The minimum atomic E-state index is 0.770. The molecule has 0 atom stereocenters. The van der Waals surface area contributed by atoms with Crippen LogP contribution in [-0.4, -0.2) is 4.98 Å². The van der Waals surface area contributed by atoms with E-state index in [1.165, 1.54) is 22.1 Å². The lowest BCUT2D eigenvalue weighted by molar-refractivity contribution is 1.36. The number of hydrogen-bond donors (Lipinski definition) is 1. The molecule has 0 bridgehead atoms. The molecular weight excluding hydrogens is 238 g/mol. The highest BCUT2D eigenvalue weighted by molar-refractivity contribution is 7.71. The van der Waals surface area contributed by atoms with E-state index in [-0.39, 0.29) is 0 Å². The lowest BCUT2D eigenvalue weighted by atomic mass is 10.0. The van der Waals surface area contributed by atoms with Gasteiger partial charge in [-0.2, -0.15) is 0 Å². The van der Waals surface area contributed by atoms with Gasteiger partial charge in [0, 0.05) is 10.9 Å². The van der Waals surface area contributed by atoms with Crippen molar-refractivity contribution in [3.05, 3.63) is 64.8 Å². The van der Waals surface area contributed by atoms with Crippen LogP contribution in [0.25, 0.3) is 22.0 Å². The number of rotatable bonds is 1. The van der Waals surface area contributed by atoms with E-state index < -0.39 is 0 Å². The van der Waals surface area contributed by atoms with Crippen LogP contribution in [0.15, 0.2) is 54.6 Å². The Labute approximate surface area is 111 Å². The van der Waals surface area contributed by atoms with Crippen LogP contribution in [0.2, 0.25) is 0 Å². The smallest absolute Gasteiger partial charge is 0.104 e. The number of benzene rings is 2. The minimum Gasteiger partial charge on any atom is -0.346 e.